The molecule has 0 aromatic carbocycles. The molecular weight excluding hydrogens is 163 g/mol. The van der Waals surface area contributed by atoms with Crippen LogP contribution in [-0.2, 0) is 4.57 Å². The molecular formula is C7H11O3P. The number of hydrogen-bond donors (Lipinski definition) is 2. The van der Waals surface area contributed by atoms with E-state index in [1.54, 1.807) is 0 Å². The monoisotopic (exact) mass is 174 g/mol. The summed E-state index contributed by atoms with van der Waals surface area (Å²) >= 11 is 0. The van der Waals surface area contributed by atoms with Crippen LogP contribution in [0.4, 0.5) is 0 Å². The maximum absolute atomic E-state index is 10.9. The van der Waals surface area contributed by atoms with Crippen LogP contribution in [0.5, 0.6) is 0 Å². The molecule has 11 heavy (non-hydrogen) atoms. The zero-order chi connectivity index (χ0) is 8.06. The van der Waals surface area contributed by atoms with Crippen molar-refractivity contribution in [2.45, 2.75) is 18.5 Å². The third-order valence-corrected chi connectivity index (χ3v) is 4.13. The topological polar surface area (TPSA) is 57.5 Å². The Morgan fingerprint density at radius 1 is 1.27 bits per heavy atom. The van der Waals surface area contributed by atoms with E-state index in [-0.39, 0.29) is 11.6 Å². The Hall–Kier alpha value is -0.110. The molecule has 2 bridgehead atoms. The summed E-state index contributed by atoms with van der Waals surface area (Å²) < 4.78 is 10.9. The normalized spacial score (nSPS) is 41.8. The van der Waals surface area contributed by atoms with Gasteiger partial charge in [0.1, 0.15) is 0 Å². The highest BCUT2D eigenvalue weighted by atomic mass is 31.2. The van der Waals surface area contributed by atoms with Crippen molar-refractivity contribution in [3.8, 4) is 0 Å². The molecule has 0 radical (unpaired) electrons. The number of allylic oxidation sites excluding steroid dienone is 2. The van der Waals surface area contributed by atoms with Crippen LogP contribution in [0.1, 0.15) is 12.8 Å². The second-order valence-electron chi connectivity index (χ2n) is 3.44. The zero-order valence-electron chi connectivity index (χ0n) is 6.05. The molecule has 0 spiro atoms. The molecule has 0 aliphatic heterocycles. The van der Waals surface area contributed by atoms with Crippen molar-refractivity contribution in [3.05, 3.63) is 12.2 Å². The summed E-state index contributed by atoms with van der Waals surface area (Å²) in [5.41, 5.74) is -0.377. The van der Waals surface area contributed by atoms with Gasteiger partial charge in [0.25, 0.3) is 0 Å². The first-order valence-corrected chi connectivity index (χ1v) is 5.49. The molecule has 0 aromatic rings. The molecule has 62 valence electrons. The third-order valence-electron chi connectivity index (χ3n) is 2.68. The van der Waals surface area contributed by atoms with E-state index >= 15 is 0 Å². The number of hydrogen-bond acceptors (Lipinski definition) is 1. The van der Waals surface area contributed by atoms with E-state index in [2.05, 4.69) is 6.08 Å². The van der Waals surface area contributed by atoms with Crippen molar-refractivity contribution in [1.29, 1.82) is 0 Å². The molecule has 0 amide bonds. The lowest BCUT2D eigenvalue weighted by molar-refractivity contribution is 0.349. The Morgan fingerprint density at radius 3 is 2.27 bits per heavy atom. The molecule has 1 saturated carbocycles. The van der Waals surface area contributed by atoms with Crippen LogP contribution in [0.3, 0.4) is 0 Å². The quantitative estimate of drug-likeness (QED) is 0.462. The van der Waals surface area contributed by atoms with E-state index < -0.39 is 7.60 Å². The second-order valence-corrected chi connectivity index (χ2v) is 5.28. The third kappa shape index (κ3) is 1.18. The standard InChI is InChI=1S/C7H11O3P/c8-11(9,10)7-4-5-1-2-6(7)3-5/h1-2,5-7H,3-4H2,(H2,8,9,10)/t5-,6+,7?/m0/s1. The van der Waals surface area contributed by atoms with Gasteiger partial charge in [-0.05, 0) is 24.7 Å². The minimum Gasteiger partial charge on any atom is -0.324 e. The van der Waals surface area contributed by atoms with Crippen LogP contribution in [0.15, 0.2) is 12.2 Å². The summed E-state index contributed by atoms with van der Waals surface area (Å²) in [5, 5.41) is 0. The fraction of sp³-hybridized carbons (Fsp3) is 0.714. The number of rotatable bonds is 1. The molecule has 1 fully saturated rings. The molecule has 4 heteroatoms. The average Bonchev–Trinajstić information content (AvgIpc) is 2.42. The highest BCUT2D eigenvalue weighted by molar-refractivity contribution is 7.52. The fourth-order valence-corrected chi connectivity index (χ4v) is 3.40. The average molecular weight is 174 g/mol. The molecule has 1 unspecified atom stereocenters. The first kappa shape index (κ1) is 7.53. The van der Waals surface area contributed by atoms with Crippen molar-refractivity contribution >= 4 is 7.60 Å². The summed E-state index contributed by atoms with van der Waals surface area (Å²) in [7, 11) is -3.81. The molecule has 2 aliphatic carbocycles. The van der Waals surface area contributed by atoms with Gasteiger partial charge in [0.15, 0.2) is 0 Å². The Labute approximate surface area is 65.3 Å². The first-order chi connectivity index (χ1) is 5.07. The minimum absolute atomic E-state index is 0.154. The van der Waals surface area contributed by atoms with Crippen LogP contribution in [0.2, 0.25) is 0 Å². The summed E-state index contributed by atoms with van der Waals surface area (Å²) in [6, 6.07) is 0. The molecule has 2 aliphatic rings. The van der Waals surface area contributed by atoms with Crippen molar-refractivity contribution in [2.24, 2.45) is 11.8 Å². The van der Waals surface area contributed by atoms with Gasteiger partial charge in [0, 0.05) is 0 Å². The summed E-state index contributed by atoms with van der Waals surface area (Å²) in [4.78, 5) is 17.8. The van der Waals surface area contributed by atoms with Crippen LogP contribution in [0, 0.1) is 11.8 Å². The SMILES string of the molecule is O=P(O)(O)C1C[C@H]2C=C[C@@H]1C2. The van der Waals surface area contributed by atoms with Gasteiger partial charge >= 0.3 is 7.60 Å². The number of fused-ring (bicyclic) bond motifs is 2. The lowest BCUT2D eigenvalue weighted by Crippen LogP contribution is -2.13. The Kier molecular flexibility index (Phi) is 1.50. The van der Waals surface area contributed by atoms with Gasteiger partial charge in [-0.3, -0.25) is 4.57 Å². The highest BCUT2D eigenvalue weighted by Crippen LogP contribution is 2.56. The molecule has 0 heterocycles. The van der Waals surface area contributed by atoms with Crippen molar-refractivity contribution in [3.63, 3.8) is 0 Å². The van der Waals surface area contributed by atoms with Gasteiger partial charge in [-0.25, -0.2) is 0 Å². The van der Waals surface area contributed by atoms with Crippen molar-refractivity contribution in [2.75, 3.05) is 0 Å². The van der Waals surface area contributed by atoms with Crippen LogP contribution >= 0.6 is 7.60 Å². The molecule has 2 rings (SSSR count). The van der Waals surface area contributed by atoms with E-state index in [0.717, 1.165) is 6.42 Å². The Bertz CT molecular complexity index is 242. The lowest BCUT2D eigenvalue weighted by Gasteiger charge is -2.18. The van der Waals surface area contributed by atoms with Crippen LogP contribution in [-0.4, -0.2) is 15.4 Å². The van der Waals surface area contributed by atoms with Gasteiger partial charge in [0.05, 0.1) is 5.66 Å². The van der Waals surface area contributed by atoms with Gasteiger partial charge < -0.3 is 9.79 Å². The summed E-state index contributed by atoms with van der Waals surface area (Å²) in [5.74, 6) is 0.596. The Morgan fingerprint density at radius 2 is 2.00 bits per heavy atom. The van der Waals surface area contributed by atoms with Gasteiger partial charge in [-0.15, -0.1) is 0 Å². The Balaban J connectivity index is 2.21. The van der Waals surface area contributed by atoms with E-state index in [1.807, 2.05) is 6.08 Å². The molecule has 0 aromatic heterocycles. The van der Waals surface area contributed by atoms with Crippen molar-refractivity contribution < 1.29 is 14.4 Å². The maximum Gasteiger partial charge on any atom is 0.329 e. The molecule has 0 saturated heterocycles. The summed E-state index contributed by atoms with van der Waals surface area (Å²) in [6.07, 6.45) is 5.68. The van der Waals surface area contributed by atoms with Crippen molar-refractivity contribution in [1.82, 2.24) is 0 Å². The van der Waals surface area contributed by atoms with E-state index in [0.29, 0.717) is 12.3 Å². The predicted molar refractivity (Wildman–Crippen MR) is 41.2 cm³/mol. The zero-order valence-corrected chi connectivity index (χ0v) is 6.95. The van der Waals surface area contributed by atoms with E-state index in [1.165, 1.54) is 0 Å². The van der Waals surface area contributed by atoms with Gasteiger partial charge in [0.2, 0.25) is 0 Å². The minimum atomic E-state index is -3.81. The van der Waals surface area contributed by atoms with E-state index in [4.69, 9.17) is 9.79 Å². The smallest absolute Gasteiger partial charge is 0.324 e. The first-order valence-electron chi connectivity index (χ1n) is 3.81. The predicted octanol–water partition coefficient (Wildman–Crippen LogP) is 1.13. The van der Waals surface area contributed by atoms with E-state index in [9.17, 15) is 4.57 Å². The molecule has 3 nitrogen and oxygen atoms in total. The van der Waals surface area contributed by atoms with Crippen LogP contribution in [0.25, 0.3) is 0 Å². The largest absolute Gasteiger partial charge is 0.329 e. The highest BCUT2D eigenvalue weighted by Gasteiger charge is 2.44. The van der Waals surface area contributed by atoms with Gasteiger partial charge in [-0.2, -0.15) is 0 Å². The summed E-state index contributed by atoms with van der Waals surface area (Å²) in [6.45, 7) is 0. The maximum atomic E-state index is 10.9. The van der Waals surface area contributed by atoms with Gasteiger partial charge in [-0.1, -0.05) is 12.2 Å². The molecule has 2 N–H and O–H groups in total. The fourth-order valence-electron chi connectivity index (χ4n) is 2.14. The second kappa shape index (κ2) is 2.19. The lowest BCUT2D eigenvalue weighted by atomic mass is 10.1. The molecule has 3 atom stereocenters. The van der Waals surface area contributed by atoms with Crippen LogP contribution < -0.4 is 0 Å².